The van der Waals surface area contributed by atoms with E-state index in [1.807, 2.05) is 60.7 Å². The third-order valence-corrected chi connectivity index (χ3v) is 6.43. The van der Waals surface area contributed by atoms with Gasteiger partial charge in [-0.05, 0) is 59.2 Å². The Labute approximate surface area is 209 Å². The van der Waals surface area contributed by atoms with Crippen molar-refractivity contribution in [2.45, 2.75) is 25.4 Å². The molecule has 1 atom stereocenters. The molecule has 0 saturated heterocycles. The fraction of sp³-hybridized carbons (Fsp3) is 0.167. The molecule has 6 heteroatoms. The Hall–Kier alpha value is -4.45. The number of fused-ring (bicyclic) bond motifs is 1. The van der Waals surface area contributed by atoms with Gasteiger partial charge in [0.1, 0.15) is 17.3 Å². The van der Waals surface area contributed by atoms with Crippen LogP contribution in [0.5, 0.6) is 11.5 Å². The van der Waals surface area contributed by atoms with E-state index in [0.29, 0.717) is 19.5 Å². The minimum Gasteiger partial charge on any atom is -0.508 e. The normalized spacial score (nSPS) is 11.9. The largest absolute Gasteiger partial charge is 0.508 e. The first-order valence-corrected chi connectivity index (χ1v) is 11.9. The number of amides is 1. The summed E-state index contributed by atoms with van der Waals surface area (Å²) in [6.07, 6.45) is 4.04. The smallest absolute Gasteiger partial charge is 0.221 e. The maximum Gasteiger partial charge on any atom is 0.221 e. The molecule has 2 aromatic heterocycles. The van der Waals surface area contributed by atoms with Crippen LogP contribution < -0.4 is 10.1 Å². The molecule has 1 amide bonds. The van der Waals surface area contributed by atoms with Gasteiger partial charge in [0, 0.05) is 36.0 Å². The van der Waals surface area contributed by atoms with E-state index in [9.17, 15) is 9.90 Å². The molecule has 2 heterocycles. The van der Waals surface area contributed by atoms with Crippen molar-refractivity contribution in [2.75, 3.05) is 7.11 Å². The lowest BCUT2D eigenvalue weighted by Gasteiger charge is -2.17. The van der Waals surface area contributed by atoms with E-state index < -0.39 is 0 Å². The number of rotatable bonds is 9. The van der Waals surface area contributed by atoms with Crippen LogP contribution in [0.1, 0.15) is 34.8 Å². The van der Waals surface area contributed by atoms with Crippen LogP contribution in [0, 0.1) is 0 Å². The van der Waals surface area contributed by atoms with E-state index in [0.717, 1.165) is 39.1 Å². The Morgan fingerprint density at radius 3 is 2.50 bits per heavy atom. The molecule has 0 aliphatic heterocycles. The highest BCUT2D eigenvalue weighted by atomic mass is 16.5. The Morgan fingerprint density at radius 2 is 1.78 bits per heavy atom. The van der Waals surface area contributed by atoms with Crippen LogP contribution in [0.25, 0.3) is 10.9 Å². The average molecular weight is 481 g/mol. The number of ether oxygens (including phenoxy) is 1. The number of methoxy groups -OCH3 is 1. The van der Waals surface area contributed by atoms with Crippen LogP contribution in [0.4, 0.5) is 0 Å². The quantitative estimate of drug-likeness (QED) is 0.278. The number of hydrogen-bond acceptors (Lipinski definition) is 4. The van der Waals surface area contributed by atoms with E-state index in [-0.39, 0.29) is 17.6 Å². The van der Waals surface area contributed by atoms with Crippen molar-refractivity contribution in [1.29, 1.82) is 0 Å². The van der Waals surface area contributed by atoms with Gasteiger partial charge in [-0.2, -0.15) is 0 Å². The number of nitrogens with one attached hydrogen (secondary N) is 1. The molecule has 0 fully saturated rings. The number of carbonyl (C=O) groups excluding carboxylic acids is 1. The van der Waals surface area contributed by atoms with Crippen molar-refractivity contribution in [3.8, 4) is 11.5 Å². The molecule has 0 radical (unpaired) electrons. The van der Waals surface area contributed by atoms with Crippen LogP contribution >= 0.6 is 0 Å². The first-order valence-electron chi connectivity index (χ1n) is 11.9. The second-order valence-electron chi connectivity index (χ2n) is 8.78. The van der Waals surface area contributed by atoms with Crippen molar-refractivity contribution in [3.63, 3.8) is 0 Å². The number of para-hydroxylation sites is 1. The number of hydrogen-bond donors (Lipinski definition) is 2. The fourth-order valence-electron chi connectivity index (χ4n) is 4.58. The fourth-order valence-corrected chi connectivity index (χ4v) is 4.58. The zero-order chi connectivity index (χ0) is 24.9. The summed E-state index contributed by atoms with van der Waals surface area (Å²) in [6, 6.07) is 27.1. The monoisotopic (exact) mass is 480 g/mol. The van der Waals surface area contributed by atoms with Crippen LogP contribution in [0.2, 0.25) is 0 Å². The third kappa shape index (κ3) is 5.13. The van der Waals surface area contributed by atoms with Gasteiger partial charge in [0.25, 0.3) is 0 Å². The minimum atomic E-state index is -0.154. The van der Waals surface area contributed by atoms with Crippen LogP contribution in [0.15, 0.2) is 102 Å². The Kier molecular flexibility index (Phi) is 6.76. The summed E-state index contributed by atoms with van der Waals surface area (Å²) < 4.78 is 12.9. The van der Waals surface area contributed by atoms with E-state index in [4.69, 9.17) is 9.15 Å². The number of phenols is 1. The second-order valence-corrected chi connectivity index (χ2v) is 8.78. The molecule has 2 N–H and O–H groups in total. The van der Waals surface area contributed by atoms with Gasteiger partial charge in [0.2, 0.25) is 5.91 Å². The molecule has 0 aliphatic rings. The highest BCUT2D eigenvalue weighted by Gasteiger charge is 2.23. The van der Waals surface area contributed by atoms with Gasteiger partial charge in [0.05, 0.1) is 19.9 Å². The molecule has 0 aliphatic carbocycles. The Morgan fingerprint density at radius 1 is 1.00 bits per heavy atom. The third-order valence-electron chi connectivity index (χ3n) is 6.43. The number of phenolic OH excluding ortho intramolecular Hbond substituents is 1. The lowest BCUT2D eigenvalue weighted by molar-refractivity contribution is -0.121. The summed E-state index contributed by atoms with van der Waals surface area (Å²) >= 11 is 0. The molecule has 36 heavy (non-hydrogen) atoms. The number of aromatic hydroxyl groups is 1. The van der Waals surface area contributed by atoms with Crippen molar-refractivity contribution in [3.05, 3.63) is 120 Å². The molecule has 6 nitrogen and oxygen atoms in total. The summed E-state index contributed by atoms with van der Waals surface area (Å²) in [7, 11) is 1.64. The maximum atomic E-state index is 13.1. The van der Waals surface area contributed by atoms with Gasteiger partial charge in [-0.1, -0.05) is 42.5 Å². The van der Waals surface area contributed by atoms with Crippen LogP contribution in [0.3, 0.4) is 0 Å². The first kappa shape index (κ1) is 23.3. The zero-order valence-electron chi connectivity index (χ0n) is 20.1. The lowest BCUT2D eigenvalue weighted by Crippen LogP contribution is -2.24. The van der Waals surface area contributed by atoms with Crippen LogP contribution in [-0.4, -0.2) is 22.7 Å². The standard InChI is InChI=1S/C30H28N2O4/c1-35-24-14-10-22(11-15-24)27(17-30(34)31-18-25-5-4-16-36-25)28-20-32(29-7-3-2-6-26(28)29)19-21-8-12-23(33)13-9-21/h2-16,20,27,33H,17-19H2,1H3,(H,31,34). The molecule has 0 saturated carbocycles. The molecule has 0 bridgehead atoms. The first-order chi connectivity index (χ1) is 17.6. The highest BCUT2D eigenvalue weighted by molar-refractivity contribution is 5.86. The predicted octanol–water partition coefficient (Wildman–Crippen LogP) is 5.84. The highest BCUT2D eigenvalue weighted by Crippen LogP contribution is 2.36. The average Bonchev–Trinajstić information content (AvgIpc) is 3.56. The van der Waals surface area contributed by atoms with Gasteiger partial charge in [-0.25, -0.2) is 0 Å². The lowest BCUT2D eigenvalue weighted by atomic mass is 9.88. The van der Waals surface area contributed by atoms with Gasteiger partial charge >= 0.3 is 0 Å². The molecule has 5 aromatic rings. The minimum absolute atomic E-state index is 0.0532. The van der Waals surface area contributed by atoms with Gasteiger partial charge in [-0.3, -0.25) is 4.79 Å². The maximum absolute atomic E-state index is 13.1. The zero-order valence-corrected chi connectivity index (χ0v) is 20.1. The topological polar surface area (TPSA) is 76.6 Å². The number of furan rings is 1. The molecular formula is C30H28N2O4. The summed E-state index contributed by atoms with van der Waals surface area (Å²) in [5.41, 5.74) is 4.30. The second kappa shape index (κ2) is 10.4. The predicted molar refractivity (Wildman–Crippen MR) is 139 cm³/mol. The van der Waals surface area contributed by atoms with Crippen molar-refractivity contribution < 1.29 is 19.1 Å². The van der Waals surface area contributed by atoms with Crippen LogP contribution in [-0.2, 0) is 17.9 Å². The molecule has 0 spiro atoms. The Bertz CT molecular complexity index is 1440. The molecule has 182 valence electrons. The molecule has 3 aromatic carbocycles. The summed E-state index contributed by atoms with van der Waals surface area (Å²) in [5.74, 6) is 1.53. The van der Waals surface area contributed by atoms with Crippen molar-refractivity contribution in [2.24, 2.45) is 0 Å². The number of benzene rings is 3. The van der Waals surface area contributed by atoms with E-state index >= 15 is 0 Å². The molecule has 1 unspecified atom stereocenters. The van der Waals surface area contributed by atoms with Crippen molar-refractivity contribution in [1.82, 2.24) is 9.88 Å². The van der Waals surface area contributed by atoms with Gasteiger partial charge in [-0.15, -0.1) is 0 Å². The van der Waals surface area contributed by atoms with Gasteiger partial charge in [0.15, 0.2) is 0 Å². The van der Waals surface area contributed by atoms with E-state index in [2.05, 4.69) is 28.2 Å². The number of aromatic nitrogens is 1. The summed E-state index contributed by atoms with van der Waals surface area (Å²) in [5, 5.41) is 13.8. The van der Waals surface area contributed by atoms with E-state index in [1.54, 1.807) is 25.5 Å². The summed E-state index contributed by atoms with van der Waals surface area (Å²) in [6.45, 7) is 1.00. The summed E-state index contributed by atoms with van der Waals surface area (Å²) in [4.78, 5) is 13.1. The number of nitrogens with zero attached hydrogens (tertiary/aromatic N) is 1. The molecule has 5 rings (SSSR count). The van der Waals surface area contributed by atoms with E-state index in [1.165, 1.54) is 0 Å². The number of carbonyl (C=O) groups is 1. The Balaban J connectivity index is 1.50. The van der Waals surface area contributed by atoms with Crippen molar-refractivity contribution >= 4 is 16.8 Å². The SMILES string of the molecule is COc1ccc(C(CC(=O)NCc2ccco2)c2cn(Cc3ccc(O)cc3)c3ccccc23)cc1. The molecular weight excluding hydrogens is 452 g/mol. The van der Waals surface area contributed by atoms with Gasteiger partial charge < -0.3 is 24.1 Å².